The molecule has 0 aliphatic heterocycles. The van der Waals surface area contributed by atoms with Gasteiger partial charge in [-0.15, -0.1) is 0 Å². The van der Waals surface area contributed by atoms with Crippen molar-refractivity contribution in [1.29, 1.82) is 0 Å². The molecule has 4 nitrogen and oxygen atoms in total. The highest BCUT2D eigenvalue weighted by atomic mass is 35.5. The molecule has 3 rings (SSSR count). The average Bonchev–Trinajstić information content (AvgIpc) is 2.65. The third-order valence-corrected chi connectivity index (χ3v) is 4.41. The van der Waals surface area contributed by atoms with Crippen LogP contribution in [0, 0.1) is 6.92 Å². The summed E-state index contributed by atoms with van der Waals surface area (Å²) in [5, 5.41) is 7.40. The molecule has 134 valence electrons. The molecule has 0 aliphatic rings. The molecule has 0 spiro atoms. The Balaban J connectivity index is 1.53. The second kappa shape index (κ2) is 9.20. The van der Waals surface area contributed by atoms with Gasteiger partial charge >= 0.3 is 0 Å². The summed E-state index contributed by atoms with van der Waals surface area (Å²) in [5.41, 5.74) is 3.32. The zero-order valence-electron chi connectivity index (χ0n) is 14.9. The molecule has 0 atom stereocenters. The smallest absolute Gasteiger partial charge is 0.224 e. The van der Waals surface area contributed by atoms with Gasteiger partial charge in [0.05, 0.1) is 0 Å². The highest BCUT2D eigenvalue weighted by molar-refractivity contribution is 6.31. The van der Waals surface area contributed by atoms with Crippen LogP contribution in [0.25, 0.3) is 0 Å². The summed E-state index contributed by atoms with van der Waals surface area (Å²) in [5.74, 6) is 1.45. The number of aryl methyl sites for hydroxylation is 2. The van der Waals surface area contributed by atoms with Gasteiger partial charge in [-0.05, 0) is 37.0 Å². The highest BCUT2D eigenvalue weighted by Gasteiger charge is 2.04. The molecule has 0 saturated carbocycles. The molecule has 1 aromatic heterocycles. The average molecular weight is 367 g/mol. The maximum Gasteiger partial charge on any atom is 0.224 e. The number of hydrogen-bond donors (Lipinski definition) is 2. The van der Waals surface area contributed by atoms with E-state index < -0.39 is 0 Å². The molecule has 3 aromatic rings. The molecule has 5 heteroatoms. The third-order valence-electron chi connectivity index (χ3n) is 4.04. The van der Waals surface area contributed by atoms with Gasteiger partial charge in [-0.3, -0.25) is 0 Å². The normalized spacial score (nSPS) is 10.5. The molecule has 0 unspecified atom stereocenters. The van der Waals surface area contributed by atoms with E-state index in [-0.39, 0.29) is 0 Å². The van der Waals surface area contributed by atoms with Crippen LogP contribution in [0.3, 0.4) is 0 Å². The molecule has 0 fully saturated rings. The zero-order valence-corrected chi connectivity index (χ0v) is 15.6. The number of benzene rings is 2. The monoisotopic (exact) mass is 366 g/mol. The van der Waals surface area contributed by atoms with Crippen molar-refractivity contribution in [3.63, 3.8) is 0 Å². The number of nitrogens with zero attached hydrogens (tertiary/aromatic N) is 2. The summed E-state index contributed by atoms with van der Waals surface area (Å²) in [6, 6.07) is 20.2. The Labute approximate surface area is 159 Å². The van der Waals surface area contributed by atoms with E-state index in [1.165, 1.54) is 5.56 Å². The predicted octanol–water partition coefficient (Wildman–Crippen LogP) is 5.10. The Bertz CT molecular complexity index is 836. The van der Waals surface area contributed by atoms with Gasteiger partial charge < -0.3 is 10.6 Å². The Hall–Kier alpha value is -2.59. The Morgan fingerprint density at radius 1 is 0.923 bits per heavy atom. The number of nitrogens with one attached hydrogen (secondary N) is 2. The molecule has 2 N–H and O–H groups in total. The van der Waals surface area contributed by atoms with Crippen molar-refractivity contribution < 1.29 is 0 Å². The number of halogens is 1. The van der Waals surface area contributed by atoms with Crippen molar-refractivity contribution in [3.8, 4) is 0 Å². The lowest BCUT2D eigenvalue weighted by Gasteiger charge is -2.11. The van der Waals surface area contributed by atoms with Crippen LogP contribution in [0.4, 0.5) is 11.8 Å². The van der Waals surface area contributed by atoms with Gasteiger partial charge in [0, 0.05) is 29.9 Å². The van der Waals surface area contributed by atoms with Gasteiger partial charge in [0.2, 0.25) is 5.95 Å². The molecule has 0 bridgehead atoms. The van der Waals surface area contributed by atoms with Gasteiger partial charge in [-0.1, -0.05) is 60.1 Å². The van der Waals surface area contributed by atoms with Gasteiger partial charge in [-0.25, -0.2) is 4.98 Å². The second-order valence-corrected chi connectivity index (χ2v) is 6.59. The number of rotatable bonds is 8. The summed E-state index contributed by atoms with van der Waals surface area (Å²) < 4.78 is 0. The van der Waals surface area contributed by atoms with E-state index in [4.69, 9.17) is 11.6 Å². The lowest BCUT2D eigenvalue weighted by Crippen LogP contribution is -2.09. The second-order valence-electron chi connectivity index (χ2n) is 6.18. The van der Waals surface area contributed by atoms with Crippen molar-refractivity contribution in [3.05, 3.63) is 82.5 Å². The number of anilines is 2. The highest BCUT2D eigenvalue weighted by Crippen LogP contribution is 2.17. The SMILES string of the molecule is Cc1cc(NCc2ccccc2Cl)nc(NCCCc2ccccc2)n1. The first-order valence-electron chi connectivity index (χ1n) is 8.81. The largest absolute Gasteiger partial charge is 0.366 e. The van der Waals surface area contributed by atoms with E-state index in [1.807, 2.05) is 43.3 Å². The third kappa shape index (κ3) is 5.46. The summed E-state index contributed by atoms with van der Waals surface area (Å²) in [6.45, 7) is 3.43. The maximum absolute atomic E-state index is 6.20. The van der Waals surface area contributed by atoms with Crippen molar-refractivity contribution in [2.45, 2.75) is 26.3 Å². The van der Waals surface area contributed by atoms with Crippen LogP contribution in [-0.4, -0.2) is 16.5 Å². The van der Waals surface area contributed by atoms with Crippen LogP contribution >= 0.6 is 11.6 Å². The fraction of sp³-hybridized carbons (Fsp3) is 0.238. The molecular formula is C21H23ClN4. The van der Waals surface area contributed by atoms with E-state index in [0.29, 0.717) is 12.5 Å². The fourth-order valence-corrected chi connectivity index (χ4v) is 2.91. The first-order chi connectivity index (χ1) is 12.7. The van der Waals surface area contributed by atoms with E-state index in [9.17, 15) is 0 Å². The van der Waals surface area contributed by atoms with E-state index in [1.54, 1.807) is 0 Å². The minimum atomic E-state index is 0.629. The maximum atomic E-state index is 6.20. The van der Waals surface area contributed by atoms with Crippen molar-refractivity contribution in [1.82, 2.24) is 9.97 Å². The molecular weight excluding hydrogens is 344 g/mol. The first-order valence-corrected chi connectivity index (χ1v) is 9.19. The molecule has 0 amide bonds. The zero-order chi connectivity index (χ0) is 18.2. The van der Waals surface area contributed by atoms with Crippen molar-refractivity contribution in [2.75, 3.05) is 17.2 Å². The summed E-state index contributed by atoms with van der Waals surface area (Å²) in [6.07, 6.45) is 2.07. The van der Waals surface area contributed by atoms with Crippen molar-refractivity contribution in [2.24, 2.45) is 0 Å². The first kappa shape index (κ1) is 18.2. The van der Waals surface area contributed by atoms with Gasteiger partial charge in [0.1, 0.15) is 5.82 Å². The molecule has 0 radical (unpaired) electrons. The van der Waals surface area contributed by atoms with Crippen LogP contribution in [0.2, 0.25) is 5.02 Å². The molecule has 0 aliphatic carbocycles. The summed E-state index contributed by atoms with van der Waals surface area (Å²) in [4.78, 5) is 9.01. The number of hydrogen-bond acceptors (Lipinski definition) is 4. The van der Waals surface area contributed by atoms with Crippen molar-refractivity contribution >= 4 is 23.4 Å². The molecule has 0 saturated heterocycles. The lowest BCUT2D eigenvalue weighted by atomic mass is 10.1. The molecule has 26 heavy (non-hydrogen) atoms. The molecule has 1 heterocycles. The Morgan fingerprint density at radius 3 is 2.50 bits per heavy atom. The quantitative estimate of drug-likeness (QED) is 0.545. The topological polar surface area (TPSA) is 49.8 Å². The summed E-state index contributed by atoms with van der Waals surface area (Å²) >= 11 is 6.20. The van der Waals surface area contributed by atoms with Gasteiger partial charge in [-0.2, -0.15) is 4.98 Å². The van der Waals surface area contributed by atoms with Gasteiger partial charge in [0.15, 0.2) is 0 Å². The minimum absolute atomic E-state index is 0.629. The van der Waals surface area contributed by atoms with E-state index >= 15 is 0 Å². The van der Waals surface area contributed by atoms with Crippen LogP contribution in [-0.2, 0) is 13.0 Å². The van der Waals surface area contributed by atoms with Crippen LogP contribution in [0.15, 0.2) is 60.7 Å². The number of aromatic nitrogens is 2. The fourth-order valence-electron chi connectivity index (χ4n) is 2.70. The predicted molar refractivity (Wildman–Crippen MR) is 109 cm³/mol. The molecule has 2 aromatic carbocycles. The van der Waals surface area contributed by atoms with E-state index in [0.717, 1.165) is 41.5 Å². The Morgan fingerprint density at radius 2 is 1.69 bits per heavy atom. The standard InChI is InChI=1S/C21H23ClN4/c1-16-14-20(24-15-18-11-5-6-12-19(18)22)26-21(25-16)23-13-7-10-17-8-3-2-4-9-17/h2-6,8-9,11-12,14H,7,10,13,15H2,1H3,(H2,23,24,25,26). The van der Waals surface area contributed by atoms with Crippen LogP contribution in [0.5, 0.6) is 0 Å². The lowest BCUT2D eigenvalue weighted by molar-refractivity contribution is 0.851. The van der Waals surface area contributed by atoms with Gasteiger partial charge in [0.25, 0.3) is 0 Å². The van der Waals surface area contributed by atoms with E-state index in [2.05, 4.69) is 44.9 Å². The van der Waals surface area contributed by atoms with Crippen LogP contribution in [0.1, 0.15) is 23.2 Å². The summed E-state index contributed by atoms with van der Waals surface area (Å²) in [7, 11) is 0. The van der Waals surface area contributed by atoms with Crippen LogP contribution < -0.4 is 10.6 Å². The Kier molecular flexibility index (Phi) is 6.45. The minimum Gasteiger partial charge on any atom is -0.366 e.